The largest absolute Gasteiger partial charge is 0.351 e. The molecule has 3 nitrogen and oxygen atoms in total. The Morgan fingerprint density at radius 2 is 2.20 bits per heavy atom. The topological polar surface area (TPSA) is 41.1 Å². The highest BCUT2D eigenvalue weighted by molar-refractivity contribution is 7.12. The molecule has 0 radical (unpaired) electrons. The van der Waals surface area contributed by atoms with Crippen LogP contribution in [0.2, 0.25) is 0 Å². The first kappa shape index (κ1) is 14.1. The summed E-state index contributed by atoms with van der Waals surface area (Å²) in [6.45, 7) is 2.96. The van der Waals surface area contributed by atoms with E-state index in [0.717, 1.165) is 32.0 Å². The molecule has 0 bridgehead atoms. The average molecular weight is 292 g/mol. The van der Waals surface area contributed by atoms with Gasteiger partial charge in [0.15, 0.2) is 0 Å². The Hall–Kier alpha value is -0.870. The number of rotatable bonds is 5. The molecule has 2 N–H and O–H groups in total. The Balaban J connectivity index is 1.38. The van der Waals surface area contributed by atoms with E-state index < -0.39 is 0 Å². The highest BCUT2D eigenvalue weighted by Crippen LogP contribution is 2.30. The van der Waals surface area contributed by atoms with Crippen molar-refractivity contribution in [1.82, 2.24) is 10.6 Å². The molecule has 1 aromatic heterocycles. The van der Waals surface area contributed by atoms with Crippen molar-refractivity contribution in [2.75, 3.05) is 13.1 Å². The molecular formula is C16H24N2OS. The fraction of sp³-hybridized carbons (Fsp3) is 0.688. The zero-order valence-corrected chi connectivity index (χ0v) is 12.9. The molecule has 0 unspecified atom stereocenters. The molecule has 20 heavy (non-hydrogen) atoms. The van der Waals surface area contributed by atoms with Crippen LogP contribution in [-0.2, 0) is 24.2 Å². The van der Waals surface area contributed by atoms with Gasteiger partial charge in [-0.15, -0.1) is 11.3 Å². The van der Waals surface area contributed by atoms with Crippen molar-refractivity contribution in [1.29, 1.82) is 0 Å². The fourth-order valence-electron chi connectivity index (χ4n) is 3.26. The van der Waals surface area contributed by atoms with Crippen molar-refractivity contribution in [3.63, 3.8) is 0 Å². The average Bonchev–Trinajstić information content (AvgIpc) is 3.05. The van der Waals surface area contributed by atoms with Gasteiger partial charge in [0, 0.05) is 16.2 Å². The molecule has 2 aliphatic rings. The van der Waals surface area contributed by atoms with Crippen molar-refractivity contribution in [2.45, 2.75) is 51.5 Å². The van der Waals surface area contributed by atoms with Gasteiger partial charge in [-0.2, -0.15) is 0 Å². The lowest BCUT2D eigenvalue weighted by Gasteiger charge is -2.22. The molecule has 0 aromatic carbocycles. The summed E-state index contributed by atoms with van der Waals surface area (Å²) in [6, 6.07) is 2.29. The van der Waals surface area contributed by atoms with Gasteiger partial charge < -0.3 is 10.6 Å². The SMILES string of the molecule is O=C(CCC1CCNCC1)NCc1cc2c(s1)CCC2. The standard InChI is InChI=1S/C16H24N2OS/c19-16(5-4-12-6-8-17-9-7-12)18-11-14-10-13-2-1-3-15(13)20-14/h10,12,17H,1-9,11H2,(H,18,19). The lowest BCUT2D eigenvalue weighted by atomic mass is 9.93. The minimum absolute atomic E-state index is 0.220. The number of hydrogen-bond donors (Lipinski definition) is 2. The molecule has 110 valence electrons. The number of piperidine rings is 1. The number of aryl methyl sites for hydroxylation is 2. The second-order valence-electron chi connectivity index (χ2n) is 6.02. The molecule has 1 aliphatic heterocycles. The first-order valence-corrected chi connectivity index (χ1v) is 8.71. The second kappa shape index (κ2) is 6.72. The van der Waals surface area contributed by atoms with E-state index in [2.05, 4.69) is 16.7 Å². The van der Waals surface area contributed by atoms with Crippen molar-refractivity contribution >= 4 is 17.2 Å². The van der Waals surface area contributed by atoms with Crippen LogP contribution in [0, 0.1) is 5.92 Å². The Bertz CT molecular complexity index is 442. The van der Waals surface area contributed by atoms with Crippen LogP contribution in [0.1, 0.15) is 47.4 Å². The lowest BCUT2D eigenvalue weighted by molar-refractivity contribution is -0.121. The van der Waals surface area contributed by atoms with Gasteiger partial charge in [0.1, 0.15) is 0 Å². The third-order valence-electron chi connectivity index (χ3n) is 4.50. The molecule has 2 heterocycles. The van der Waals surface area contributed by atoms with E-state index in [9.17, 15) is 4.79 Å². The van der Waals surface area contributed by atoms with Crippen molar-refractivity contribution < 1.29 is 4.79 Å². The minimum Gasteiger partial charge on any atom is -0.351 e. The van der Waals surface area contributed by atoms with Crippen LogP contribution in [0.25, 0.3) is 0 Å². The lowest BCUT2D eigenvalue weighted by Crippen LogP contribution is -2.29. The van der Waals surface area contributed by atoms with Gasteiger partial charge in [-0.3, -0.25) is 4.79 Å². The molecule has 0 atom stereocenters. The summed E-state index contributed by atoms with van der Waals surface area (Å²) in [6.07, 6.45) is 7.98. The molecule has 4 heteroatoms. The maximum Gasteiger partial charge on any atom is 0.220 e. The summed E-state index contributed by atoms with van der Waals surface area (Å²) >= 11 is 1.89. The number of hydrogen-bond acceptors (Lipinski definition) is 3. The molecule has 3 rings (SSSR count). The molecule has 1 amide bonds. The van der Waals surface area contributed by atoms with E-state index in [1.165, 1.54) is 42.5 Å². The Labute approximate surface area is 125 Å². The summed E-state index contributed by atoms with van der Waals surface area (Å²) in [5, 5.41) is 6.45. The van der Waals surface area contributed by atoms with Crippen LogP contribution in [-0.4, -0.2) is 19.0 Å². The van der Waals surface area contributed by atoms with Crippen LogP contribution in [0.15, 0.2) is 6.07 Å². The first-order valence-electron chi connectivity index (χ1n) is 7.89. The number of amides is 1. The fourth-order valence-corrected chi connectivity index (χ4v) is 4.46. The minimum atomic E-state index is 0.220. The van der Waals surface area contributed by atoms with Gasteiger partial charge in [-0.25, -0.2) is 0 Å². The number of carbonyl (C=O) groups is 1. The molecule has 1 aromatic rings. The van der Waals surface area contributed by atoms with Gasteiger partial charge >= 0.3 is 0 Å². The Kier molecular flexibility index (Phi) is 4.73. The zero-order chi connectivity index (χ0) is 13.8. The van der Waals surface area contributed by atoms with E-state index >= 15 is 0 Å². The number of thiophene rings is 1. The number of nitrogens with one attached hydrogen (secondary N) is 2. The predicted octanol–water partition coefficient (Wildman–Crippen LogP) is 2.63. The molecule has 1 saturated heterocycles. The van der Waals surface area contributed by atoms with E-state index in [1.54, 1.807) is 4.88 Å². The summed E-state index contributed by atoms with van der Waals surface area (Å²) in [4.78, 5) is 14.8. The van der Waals surface area contributed by atoms with Crippen LogP contribution in [0.5, 0.6) is 0 Å². The Morgan fingerprint density at radius 3 is 3.00 bits per heavy atom. The van der Waals surface area contributed by atoms with Crippen LogP contribution in [0.4, 0.5) is 0 Å². The number of carbonyl (C=O) groups excluding carboxylic acids is 1. The predicted molar refractivity (Wildman–Crippen MR) is 83.0 cm³/mol. The van der Waals surface area contributed by atoms with Gasteiger partial charge in [0.2, 0.25) is 5.91 Å². The van der Waals surface area contributed by atoms with Crippen LogP contribution >= 0.6 is 11.3 Å². The third-order valence-corrected chi connectivity index (χ3v) is 5.73. The first-order chi connectivity index (χ1) is 9.81. The van der Waals surface area contributed by atoms with Crippen molar-refractivity contribution in [2.24, 2.45) is 5.92 Å². The van der Waals surface area contributed by atoms with E-state index in [4.69, 9.17) is 0 Å². The summed E-state index contributed by atoms with van der Waals surface area (Å²) in [5.41, 5.74) is 1.52. The molecule has 0 saturated carbocycles. The van der Waals surface area contributed by atoms with Gasteiger partial charge in [0.05, 0.1) is 6.54 Å². The quantitative estimate of drug-likeness (QED) is 0.876. The van der Waals surface area contributed by atoms with Crippen molar-refractivity contribution in [3.05, 3.63) is 21.4 Å². The van der Waals surface area contributed by atoms with E-state index in [1.807, 2.05) is 11.3 Å². The van der Waals surface area contributed by atoms with Crippen LogP contribution < -0.4 is 10.6 Å². The van der Waals surface area contributed by atoms with E-state index in [0.29, 0.717) is 6.42 Å². The monoisotopic (exact) mass is 292 g/mol. The third kappa shape index (κ3) is 3.61. The zero-order valence-electron chi connectivity index (χ0n) is 12.0. The highest BCUT2D eigenvalue weighted by atomic mass is 32.1. The van der Waals surface area contributed by atoms with E-state index in [-0.39, 0.29) is 5.91 Å². The highest BCUT2D eigenvalue weighted by Gasteiger charge is 2.16. The molecule has 1 aliphatic carbocycles. The van der Waals surface area contributed by atoms with Gasteiger partial charge in [0.25, 0.3) is 0 Å². The van der Waals surface area contributed by atoms with Gasteiger partial charge in [-0.05, 0) is 69.2 Å². The Morgan fingerprint density at radius 1 is 1.35 bits per heavy atom. The number of fused-ring (bicyclic) bond motifs is 1. The van der Waals surface area contributed by atoms with Crippen LogP contribution in [0.3, 0.4) is 0 Å². The molecule has 1 fully saturated rings. The molecular weight excluding hydrogens is 268 g/mol. The summed E-state index contributed by atoms with van der Waals surface area (Å²) < 4.78 is 0. The second-order valence-corrected chi connectivity index (χ2v) is 7.24. The van der Waals surface area contributed by atoms with Crippen molar-refractivity contribution in [3.8, 4) is 0 Å². The maximum atomic E-state index is 11.9. The summed E-state index contributed by atoms with van der Waals surface area (Å²) in [7, 11) is 0. The smallest absolute Gasteiger partial charge is 0.220 e. The summed E-state index contributed by atoms with van der Waals surface area (Å²) in [5.74, 6) is 0.963. The maximum absolute atomic E-state index is 11.9. The molecule has 0 spiro atoms. The normalized spacial score (nSPS) is 19.0. The van der Waals surface area contributed by atoms with Gasteiger partial charge in [-0.1, -0.05) is 0 Å².